The highest BCUT2D eigenvalue weighted by Crippen LogP contribution is 2.25. The number of nitrogens with zero attached hydrogens (tertiary/aromatic N) is 1. The number of hydrogen-bond acceptors (Lipinski definition) is 1. The zero-order valence-corrected chi connectivity index (χ0v) is 20.0. The molecule has 1 heteroatoms. The van der Waals surface area contributed by atoms with Crippen molar-refractivity contribution in [2.45, 2.75) is 96.8 Å². The molecule has 0 saturated carbocycles. The van der Waals surface area contributed by atoms with Gasteiger partial charge in [0.2, 0.25) is 0 Å². The highest BCUT2D eigenvalue weighted by Gasteiger charge is 2.07. The predicted molar refractivity (Wildman–Crippen MR) is 139 cm³/mol. The minimum atomic E-state index is 1.09. The number of rotatable bonds is 18. The number of anilines is 2. The van der Waals surface area contributed by atoms with Gasteiger partial charge in [-0.15, -0.1) is 0 Å². The van der Waals surface area contributed by atoms with E-state index in [4.69, 9.17) is 0 Å². The van der Waals surface area contributed by atoms with Gasteiger partial charge < -0.3 is 4.90 Å². The summed E-state index contributed by atoms with van der Waals surface area (Å²) < 4.78 is 0. The van der Waals surface area contributed by atoms with Crippen molar-refractivity contribution < 1.29 is 0 Å². The van der Waals surface area contributed by atoms with Crippen molar-refractivity contribution in [2.24, 2.45) is 0 Å². The Kier molecular flexibility index (Phi) is 14.4. The summed E-state index contributed by atoms with van der Waals surface area (Å²) in [5.74, 6) is 0. The summed E-state index contributed by atoms with van der Waals surface area (Å²) in [4.78, 5) is 2.45. The van der Waals surface area contributed by atoms with Crippen LogP contribution in [-0.2, 0) is 0 Å². The van der Waals surface area contributed by atoms with Crippen LogP contribution in [0, 0.1) is 0 Å². The Balaban J connectivity index is 1.50. The Morgan fingerprint density at radius 2 is 0.935 bits per heavy atom. The van der Waals surface area contributed by atoms with Crippen LogP contribution in [0.3, 0.4) is 0 Å². The number of hydrogen-bond donors (Lipinski definition) is 0. The SMILES string of the molecule is CCCCCCCCC=CCCCCCCCCN(c1ccccc1)c1ccccc1. The van der Waals surface area contributed by atoms with Crippen molar-refractivity contribution in [1.82, 2.24) is 0 Å². The van der Waals surface area contributed by atoms with Gasteiger partial charge in [-0.25, -0.2) is 0 Å². The van der Waals surface area contributed by atoms with Gasteiger partial charge in [-0.1, -0.05) is 113 Å². The van der Waals surface area contributed by atoms with Gasteiger partial charge in [-0.05, 0) is 56.4 Å². The first-order chi connectivity index (χ1) is 15.4. The Hall–Kier alpha value is -2.02. The molecule has 0 fully saturated rings. The summed E-state index contributed by atoms with van der Waals surface area (Å²) in [5.41, 5.74) is 2.59. The molecule has 1 nitrogen and oxygen atoms in total. The van der Waals surface area contributed by atoms with Crippen LogP contribution in [0.2, 0.25) is 0 Å². The largest absolute Gasteiger partial charge is 0.341 e. The lowest BCUT2D eigenvalue weighted by atomic mass is 10.1. The van der Waals surface area contributed by atoms with E-state index >= 15 is 0 Å². The maximum absolute atomic E-state index is 2.45. The molecule has 0 amide bonds. The van der Waals surface area contributed by atoms with E-state index in [2.05, 4.69) is 84.6 Å². The lowest BCUT2D eigenvalue weighted by Crippen LogP contribution is -2.18. The van der Waals surface area contributed by atoms with Crippen molar-refractivity contribution in [3.8, 4) is 0 Å². The van der Waals surface area contributed by atoms with Crippen LogP contribution >= 0.6 is 0 Å². The third kappa shape index (κ3) is 11.8. The third-order valence-corrected chi connectivity index (χ3v) is 6.03. The molecular formula is C30H45N. The zero-order valence-electron chi connectivity index (χ0n) is 20.0. The van der Waals surface area contributed by atoms with Crippen LogP contribution in [0.5, 0.6) is 0 Å². The molecule has 0 aromatic heterocycles. The molecule has 0 bridgehead atoms. The Labute approximate surface area is 192 Å². The minimum Gasteiger partial charge on any atom is -0.341 e. The van der Waals surface area contributed by atoms with E-state index in [9.17, 15) is 0 Å². The molecule has 0 aliphatic rings. The van der Waals surface area contributed by atoms with Crippen LogP contribution in [-0.4, -0.2) is 6.54 Å². The Bertz CT molecular complexity index is 622. The second-order valence-corrected chi connectivity index (χ2v) is 8.76. The molecule has 0 heterocycles. The Morgan fingerprint density at radius 3 is 1.42 bits per heavy atom. The van der Waals surface area contributed by atoms with Crippen molar-refractivity contribution >= 4 is 11.4 Å². The van der Waals surface area contributed by atoms with E-state index < -0.39 is 0 Å². The maximum Gasteiger partial charge on any atom is 0.0410 e. The molecule has 0 aliphatic carbocycles. The standard InChI is InChI=1S/C30H45N/c1-2-3-4-5-6-7-8-9-10-11-12-13-14-15-16-23-28-31(29-24-19-17-20-25-29)30-26-21-18-22-27-30/h9-10,17-22,24-27H,2-8,11-16,23,28H2,1H3. The number of unbranched alkanes of at least 4 members (excludes halogenated alkanes) is 12. The van der Waals surface area contributed by atoms with Crippen molar-refractivity contribution in [1.29, 1.82) is 0 Å². The first-order valence-electron chi connectivity index (χ1n) is 12.9. The summed E-state index contributed by atoms with van der Waals surface area (Å²) >= 11 is 0. The molecule has 0 atom stereocenters. The highest BCUT2D eigenvalue weighted by molar-refractivity contribution is 5.62. The summed E-state index contributed by atoms with van der Waals surface area (Å²) in [6, 6.07) is 21.6. The lowest BCUT2D eigenvalue weighted by Gasteiger charge is -2.25. The molecule has 0 N–H and O–H groups in total. The van der Waals surface area contributed by atoms with Crippen LogP contribution < -0.4 is 4.90 Å². The van der Waals surface area contributed by atoms with Gasteiger partial charge in [0.25, 0.3) is 0 Å². The highest BCUT2D eigenvalue weighted by atomic mass is 15.1. The van der Waals surface area contributed by atoms with Crippen molar-refractivity contribution in [3.63, 3.8) is 0 Å². The first kappa shape index (κ1) is 25.2. The van der Waals surface area contributed by atoms with Gasteiger partial charge in [0.1, 0.15) is 0 Å². The fraction of sp³-hybridized carbons (Fsp3) is 0.533. The van der Waals surface area contributed by atoms with Crippen LogP contribution in [0.15, 0.2) is 72.8 Å². The first-order valence-corrected chi connectivity index (χ1v) is 12.9. The lowest BCUT2D eigenvalue weighted by molar-refractivity contribution is 0.597. The molecule has 0 saturated heterocycles. The van der Waals surface area contributed by atoms with Crippen molar-refractivity contribution in [3.05, 3.63) is 72.8 Å². The number of allylic oxidation sites excluding steroid dienone is 2. The normalized spacial score (nSPS) is 11.3. The van der Waals surface area contributed by atoms with E-state index in [1.807, 2.05) is 0 Å². The molecule has 2 aromatic carbocycles. The van der Waals surface area contributed by atoms with Gasteiger partial charge in [0, 0.05) is 17.9 Å². The van der Waals surface area contributed by atoms with E-state index in [0.29, 0.717) is 0 Å². The number of para-hydroxylation sites is 2. The van der Waals surface area contributed by atoms with E-state index in [0.717, 1.165) is 6.54 Å². The van der Waals surface area contributed by atoms with E-state index in [1.165, 1.54) is 101 Å². The van der Waals surface area contributed by atoms with Gasteiger partial charge in [0.15, 0.2) is 0 Å². The second-order valence-electron chi connectivity index (χ2n) is 8.76. The van der Waals surface area contributed by atoms with Gasteiger partial charge in [0.05, 0.1) is 0 Å². The predicted octanol–water partition coefficient (Wildman–Crippen LogP) is 9.86. The Morgan fingerprint density at radius 1 is 0.516 bits per heavy atom. The average molecular weight is 420 g/mol. The summed E-state index contributed by atoms with van der Waals surface area (Å²) in [6.07, 6.45) is 23.8. The molecule has 0 aliphatic heterocycles. The number of benzene rings is 2. The fourth-order valence-corrected chi connectivity index (χ4v) is 4.14. The molecule has 0 unspecified atom stereocenters. The van der Waals surface area contributed by atoms with Crippen LogP contribution in [0.25, 0.3) is 0 Å². The average Bonchev–Trinajstić information content (AvgIpc) is 2.82. The molecule has 0 radical (unpaired) electrons. The molecule has 2 rings (SSSR count). The third-order valence-electron chi connectivity index (χ3n) is 6.03. The summed E-state index contributed by atoms with van der Waals surface area (Å²) in [5, 5.41) is 0. The van der Waals surface area contributed by atoms with Gasteiger partial charge in [-0.3, -0.25) is 0 Å². The molecule has 170 valence electrons. The summed E-state index contributed by atoms with van der Waals surface area (Å²) in [7, 11) is 0. The molecule has 0 spiro atoms. The van der Waals surface area contributed by atoms with E-state index in [1.54, 1.807) is 0 Å². The van der Waals surface area contributed by atoms with E-state index in [-0.39, 0.29) is 0 Å². The van der Waals surface area contributed by atoms with Crippen LogP contribution in [0.4, 0.5) is 11.4 Å². The molecule has 2 aromatic rings. The maximum atomic E-state index is 2.45. The molecule has 31 heavy (non-hydrogen) atoms. The quantitative estimate of drug-likeness (QED) is 0.172. The van der Waals surface area contributed by atoms with Gasteiger partial charge >= 0.3 is 0 Å². The van der Waals surface area contributed by atoms with Crippen molar-refractivity contribution in [2.75, 3.05) is 11.4 Å². The topological polar surface area (TPSA) is 3.24 Å². The smallest absolute Gasteiger partial charge is 0.0410 e. The summed E-state index contributed by atoms with van der Waals surface area (Å²) in [6.45, 7) is 3.38. The zero-order chi connectivity index (χ0) is 21.8. The second kappa shape index (κ2) is 17.6. The van der Waals surface area contributed by atoms with Crippen LogP contribution in [0.1, 0.15) is 96.8 Å². The molecular weight excluding hydrogens is 374 g/mol. The minimum absolute atomic E-state index is 1.09. The van der Waals surface area contributed by atoms with Gasteiger partial charge in [-0.2, -0.15) is 0 Å². The fourth-order valence-electron chi connectivity index (χ4n) is 4.14. The monoisotopic (exact) mass is 419 g/mol.